The second kappa shape index (κ2) is 5.78. The SMILES string of the molecule is CCCc1ccc(C(=O)Nc2nc(C)cs2)cc1. The van der Waals surface area contributed by atoms with Crippen LogP contribution in [0.5, 0.6) is 0 Å². The molecule has 1 N–H and O–H groups in total. The van der Waals surface area contributed by atoms with Gasteiger partial charge in [0.25, 0.3) is 5.91 Å². The van der Waals surface area contributed by atoms with E-state index in [0.717, 1.165) is 18.5 Å². The summed E-state index contributed by atoms with van der Waals surface area (Å²) in [5.74, 6) is -0.104. The molecule has 18 heavy (non-hydrogen) atoms. The van der Waals surface area contributed by atoms with Crippen molar-refractivity contribution in [2.45, 2.75) is 26.7 Å². The van der Waals surface area contributed by atoms with Gasteiger partial charge in [-0.25, -0.2) is 4.98 Å². The van der Waals surface area contributed by atoms with Gasteiger partial charge in [-0.2, -0.15) is 0 Å². The summed E-state index contributed by atoms with van der Waals surface area (Å²) in [5.41, 5.74) is 2.86. The monoisotopic (exact) mass is 260 g/mol. The Balaban J connectivity index is 2.04. The number of benzene rings is 1. The molecule has 0 aliphatic rings. The van der Waals surface area contributed by atoms with Crippen LogP contribution in [-0.2, 0) is 6.42 Å². The summed E-state index contributed by atoms with van der Waals surface area (Å²) in [6.07, 6.45) is 2.16. The van der Waals surface area contributed by atoms with Crippen molar-refractivity contribution in [3.8, 4) is 0 Å². The Morgan fingerprint density at radius 2 is 2.06 bits per heavy atom. The predicted molar refractivity (Wildman–Crippen MR) is 75.2 cm³/mol. The number of anilines is 1. The molecule has 1 amide bonds. The van der Waals surface area contributed by atoms with Crippen LogP contribution in [0.25, 0.3) is 0 Å². The number of aromatic nitrogens is 1. The van der Waals surface area contributed by atoms with Gasteiger partial charge in [0, 0.05) is 10.9 Å². The van der Waals surface area contributed by atoms with E-state index in [1.54, 1.807) is 0 Å². The average molecular weight is 260 g/mol. The first-order valence-corrected chi connectivity index (χ1v) is 6.89. The van der Waals surface area contributed by atoms with Gasteiger partial charge in [0.1, 0.15) is 0 Å². The van der Waals surface area contributed by atoms with Crippen LogP contribution in [0, 0.1) is 6.92 Å². The van der Waals surface area contributed by atoms with E-state index in [9.17, 15) is 4.79 Å². The van der Waals surface area contributed by atoms with Crippen molar-refractivity contribution in [2.75, 3.05) is 5.32 Å². The van der Waals surface area contributed by atoms with Crippen molar-refractivity contribution < 1.29 is 4.79 Å². The summed E-state index contributed by atoms with van der Waals surface area (Å²) in [6.45, 7) is 4.05. The molecule has 0 aliphatic heterocycles. The van der Waals surface area contributed by atoms with E-state index in [-0.39, 0.29) is 5.91 Å². The topological polar surface area (TPSA) is 42.0 Å². The first-order chi connectivity index (χ1) is 8.69. The Morgan fingerprint density at radius 3 is 2.61 bits per heavy atom. The molecule has 1 aromatic heterocycles. The molecule has 1 aromatic carbocycles. The summed E-state index contributed by atoms with van der Waals surface area (Å²) in [6, 6.07) is 7.73. The van der Waals surface area contributed by atoms with Crippen molar-refractivity contribution in [1.82, 2.24) is 4.98 Å². The van der Waals surface area contributed by atoms with E-state index in [4.69, 9.17) is 0 Å². The zero-order valence-corrected chi connectivity index (χ0v) is 11.4. The maximum atomic E-state index is 11.9. The number of hydrogen-bond acceptors (Lipinski definition) is 3. The average Bonchev–Trinajstić information content (AvgIpc) is 2.76. The number of hydrogen-bond donors (Lipinski definition) is 1. The van der Waals surface area contributed by atoms with Crippen molar-refractivity contribution in [2.24, 2.45) is 0 Å². The summed E-state index contributed by atoms with van der Waals surface area (Å²) in [4.78, 5) is 16.2. The van der Waals surface area contributed by atoms with Crippen LogP contribution >= 0.6 is 11.3 Å². The number of amides is 1. The van der Waals surface area contributed by atoms with E-state index >= 15 is 0 Å². The molecule has 1 heterocycles. The molecule has 0 radical (unpaired) electrons. The molecule has 2 rings (SSSR count). The van der Waals surface area contributed by atoms with Crippen LogP contribution in [0.1, 0.15) is 35.0 Å². The van der Waals surface area contributed by atoms with Gasteiger partial charge in [-0.1, -0.05) is 25.5 Å². The predicted octanol–water partition coefficient (Wildman–Crippen LogP) is 3.66. The third-order valence-electron chi connectivity index (χ3n) is 2.59. The van der Waals surface area contributed by atoms with Gasteiger partial charge >= 0.3 is 0 Å². The smallest absolute Gasteiger partial charge is 0.257 e. The molecule has 4 heteroatoms. The second-order valence-electron chi connectivity index (χ2n) is 4.20. The minimum absolute atomic E-state index is 0.104. The van der Waals surface area contributed by atoms with Gasteiger partial charge in [0.05, 0.1) is 5.69 Å². The lowest BCUT2D eigenvalue weighted by Crippen LogP contribution is -2.11. The quantitative estimate of drug-likeness (QED) is 0.911. The summed E-state index contributed by atoms with van der Waals surface area (Å²) >= 11 is 1.44. The normalized spacial score (nSPS) is 10.3. The fourth-order valence-corrected chi connectivity index (χ4v) is 2.38. The van der Waals surface area contributed by atoms with Crippen molar-refractivity contribution in [1.29, 1.82) is 0 Å². The molecular formula is C14H16N2OS. The highest BCUT2D eigenvalue weighted by atomic mass is 32.1. The van der Waals surface area contributed by atoms with Crippen LogP contribution in [0.15, 0.2) is 29.6 Å². The minimum atomic E-state index is -0.104. The highest BCUT2D eigenvalue weighted by Gasteiger charge is 2.07. The number of aryl methyl sites for hydroxylation is 2. The number of carbonyl (C=O) groups excluding carboxylic acids is 1. The maximum absolute atomic E-state index is 11.9. The summed E-state index contributed by atoms with van der Waals surface area (Å²) < 4.78 is 0. The Bertz CT molecular complexity index is 531. The standard InChI is InChI=1S/C14H16N2OS/c1-3-4-11-5-7-12(8-6-11)13(17)16-14-15-10(2)9-18-14/h5-9H,3-4H2,1-2H3,(H,15,16,17). The first-order valence-electron chi connectivity index (χ1n) is 6.01. The lowest BCUT2D eigenvalue weighted by molar-refractivity contribution is 0.102. The van der Waals surface area contributed by atoms with Gasteiger partial charge in [-0.3, -0.25) is 10.1 Å². The van der Waals surface area contributed by atoms with Crippen LogP contribution in [0.2, 0.25) is 0 Å². The van der Waals surface area contributed by atoms with Crippen LogP contribution < -0.4 is 5.32 Å². The number of thiazole rings is 1. The molecule has 0 fully saturated rings. The molecule has 0 unspecified atom stereocenters. The van der Waals surface area contributed by atoms with Gasteiger partial charge in [0.2, 0.25) is 0 Å². The van der Waals surface area contributed by atoms with Crippen LogP contribution in [0.3, 0.4) is 0 Å². The highest BCUT2D eigenvalue weighted by Crippen LogP contribution is 2.16. The van der Waals surface area contributed by atoms with Crippen LogP contribution in [-0.4, -0.2) is 10.9 Å². The van der Waals surface area contributed by atoms with E-state index in [1.807, 2.05) is 36.6 Å². The molecule has 0 aliphatic carbocycles. The third-order valence-corrected chi connectivity index (χ3v) is 3.47. The molecular weight excluding hydrogens is 244 g/mol. The van der Waals surface area contributed by atoms with Crippen molar-refractivity contribution in [3.63, 3.8) is 0 Å². The third kappa shape index (κ3) is 3.17. The number of carbonyl (C=O) groups is 1. The molecule has 2 aromatic rings. The van der Waals surface area contributed by atoms with Gasteiger partial charge < -0.3 is 0 Å². The molecule has 3 nitrogen and oxygen atoms in total. The Labute approximate surface area is 111 Å². The number of nitrogens with zero attached hydrogens (tertiary/aromatic N) is 1. The highest BCUT2D eigenvalue weighted by molar-refractivity contribution is 7.13. The Kier molecular flexibility index (Phi) is 4.10. The van der Waals surface area contributed by atoms with Gasteiger partial charge in [-0.15, -0.1) is 11.3 Å². The fourth-order valence-electron chi connectivity index (χ4n) is 1.69. The zero-order valence-electron chi connectivity index (χ0n) is 10.6. The van der Waals surface area contributed by atoms with E-state index in [1.165, 1.54) is 16.9 Å². The molecule has 0 atom stereocenters. The van der Waals surface area contributed by atoms with Gasteiger partial charge in [-0.05, 0) is 31.0 Å². The van der Waals surface area contributed by atoms with E-state index in [2.05, 4.69) is 17.2 Å². The molecule has 94 valence electrons. The number of nitrogens with one attached hydrogen (secondary N) is 1. The minimum Gasteiger partial charge on any atom is -0.298 e. The molecule has 0 saturated heterocycles. The van der Waals surface area contributed by atoms with E-state index < -0.39 is 0 Å². The Morgan fingerprint density at radius 1 is 1.33 bits per heavy atom. The maximum Gasteiger partial charge on any atom is 0.257 e. The summed E-state index contributed by atoms with van der Waals surface area (Å²) in [7, 11) is 0. The lowest BCUT2D eigenvalue weighted by atomic mass is 10.1. The largest absolute Gasteiger partial charge is 0.298 e. The van der Waals surface area contributed by atoms with E-state index in [0.29, 0.717) is 10.7 Å². The molecule has 0 spiro atoms. The second-order valence-corrected chi connectivity index (χ2v) is 5.05. The van der Waals surface area contributed by atoms with Crippen molar-refractivity contribution in [3.05, 3.63) is 46.5 Å². The first kappa shape index (κ1) is 12.8. The molecule has 0 saturated carbocycles. The number of rotatable bonds is 4. The molecule has 0 bridgehead atoms. The van der Waals surface area contributed by atoms with Crippen molar-refractivity contribution >= 4 is 22.4 Å². The summed E-state index contributed by atoms with van der Waals surface area (Å²) in [5, 5.41) is 5.36. The lowest BCUT2D eigenvalue weighted by Gasteiger charge is -2.03. The Hall–Kier alpha value is -1.68. The van der Waals surface area contributed by atoms with Crippen LogP contribution in [0.4, 0.5) is 5.13 Å². The fraction of sp³-hybridized carbons (Fsp3) is 0.286. The van der Waals surface area contributed by atoms with Gasteiger partial charge in [0.15, 0.2) is 5.13 Å². The zero-order chi connectivity index (χ0) is 13.0.